The summed E-state index contributed by atoms with van der Waals surface area (Å²) in [5.74, 6) is 5.79. The van der Waals surface area contributed by atoms with Gasteiger partial charge in [0.05, 0.1) is 6.04 Å². The number of benzene rings is 2. The average molecular weight is 375 g/mol. The van der Waals surface area contributed by atoms with Crippen LogP contribution < -0.4 is 11.3 Å². The van der Waals surface area contributed by atoms with Crippen LogP contribution >= 0.6 is 22.6 Å². The Morgan fingerprint density at radius 3 is 2.60 bits per heavy atom. The van der Waals surface area contributed by atoms with Gasteiger partial charge in [-0.3, -0.25) is 10.8 Å². The van der Waals surface area contributed by atoms with Crippen LogP contribution in [0.15, 0.2) is 60.9 Å². The highest BCUT2D eigenvalue weighted by atomic mass is 127. The topological polar surface area (TPSA) is 50.9 Å². The van der Waals surface area contributed by atoms with E-state index < -0.39 is 0 Å². The third kappa shape index (κ3) is 2.54. The van der Waals surface area contributed by atoms with E-state index in [1.807, 2.05) is 18.5 Å². The zero-order chi connectivity index (χ0) is 13.9. The summed E-state index contributed by atoms with van der Waals surface area (Å²) in [7, 11) is 0. The maximum absolute atomic E-state index is 5.79. The van der Waals surface area contributed by atoms with Crippen molar-refractivity contribution in [1.29, 1.82) is 0 Å². The Bertz CT molecular complexity index is 720. The number of nitrogens with one attached hydrogen (secondary N) is 1. The molecule has 1 heterocycles. The number of hydrogen-bond donors (Lipinski definition) is 2. The predicted octanol–water partition coefficient (Wildman–Crippen LogP) is 3.39. The van der Waals surface area contributed by atoms with Gasteiger partial charge in [-0.15, -0.1) is 0 Å². The lowest BCUT2D eigenvalue weighted by molar-refractivity contribution is 0.641. The van der Waals surface area contributed by atoms with Crippen molar-refractivity contribution >= 4 is 33.4 Å². The molecule has 1 aromatic heterocycles. The fourth-order valence-electron chi connectivity index (χ4n) is 2.41. The van der Waals surface area contributed by atoms with E-state index in [9.17, 15) is 0 Å². The van der Waals surface area contributed by atoms with Gasteiger partial charge in [0.2, 0.25) is 0 Å². The second-order valence-electron chi connectivity index (χ2n) is 4.60. The predicted molar refractivity (Wildman–Crippen MR) is 90.1 cm³/mol. The van der Waals surface area contributed by atoms with Crippen LogP contribution in [0.3, 0.4) is 0 Å². The van der Waals surface area contributed by atoms with E-state index in [1.54, 1.807) is 0 Å². The van der Waals surface area contributed by atoms with E-state index >= 15 is 0 Å². The number of fused-ring (bicyclic) bond motifs is 1. The van der Waals surface area contributed by atoms with Gasteiger partial charge in [-0.1, -0.05) is 30.3 Å². The van der Waals surface area contributed by atoms with Crippen LogP contribution in [0.25, 0.3) is 10.8 Å². The molecule has 2 aromatic carbocycles. The highest BCUT2D eigenvalue weighted by Crippen LogP contribution is 2.28. The number of rotatable bonds is 3. The van der Waals surface area contributed by atoms with E-state index in [1.165, 1.54) is 8.96 Å². The summed E-state index contributed by atoms with van der Waals surface area (Å²) in [4.78, 5) is 4.23. The molecule has 0 amide bonds. The average Bonchev–Trinajstić information content (AvgIpc) is 2.50. The van der Waals surface area contributed by atoms with Gasteiger partial charge in [-0.25, -0.2) is 5.43 Å². The summed E-state index contributed by atoms with van der Waals surface area (Å²) in [6, 6.07) is 16.6. The number of halogens is 1. The third-order valence-electron chi connectivity index (χ3n) is 3.40. The lowest BCUT2D eigenvalue weighted by Gasteiger charge is -2.19. The van der Waals surface area contributed by atoms with Gasteiger partial charge < -0.3 is 0 Å². The van der Waals surface area contributed by atoms with E-state index in [-0.39, 0.29) is 6.04 Å². The minimum Gasteiger partial charge on any atom is -0.271 e. The smallest absolute Gasteiger partial charge is 0.0716 e. The number of hydrogen-bond acceptors (Lipinski definition) is 3. The molecule has 1 unspecified atom stereocenters. The summed E-state index contributed by atoms with van der Waals surface area (Å²) >= 11 is 2.30. The molecule has 1 atom stereocenters. The SMILES string of the molecule is NNC(c1ccc(I)cc1)c1cccc2ccncc12. The lowest BCUT2D eigenvalue weighted by Crippen LogP contribution is -2.29. The Balaban J connectivity index is 2.14. The monoisotopic (exact) mass is 375 g/mol. The number of nitrogens with zero attached hydrogens (tertiary/aromatic N) is 1. The first-order valence-electron chi connectivity index (χ1n) is 6.34. The standard InChI is InChI=1S/C16H14IN3/c17-13-6-4-12(5-7-13)16(20-18)14-3-1-2-11-8-9-19-10-15(11)14/h1-10,16,20H,18H2. The highest BCUT2D eigenvalue weighted by molar-refractivity contribution is 14.1. The number of hydrazine groups is 1. The van der Waals surface area contributed by atoms with Gasteiger partial charge in [0, 0.05) is 21.4 Å². The summed E-state index contributed by atoms with van der Waals surface area (Å²) in [6.07, 6.45) is 3.70. The molecule has 0 radical (unpaired) electrons. The van der Waals surface area contributed by atoms with Crippen molar-refractivity contribution in [1.82, 2.24) is 10.4 Å². The first kappa shape index (κ1) is 13.5. The second-order valence-corrected chi connectivity index (χ2v) is 5.84. The van der Waals surface area contributed by atoms with Crippen LogP contribution in [-0.4, -0.2) is 4.98 Å². The van der Waals surface area contributed by atoms with Crippen LogP contribution in [0.2, 0.25) is 0 Å². The van der Waals surface area contributed by atoms with Gasteiger partial charge >= 0.3 is 0 Å². The van der Waals surface area contributed by atoms with E-state index in [4.69, 9.17) is 5.84 Å². The fraction of sp³-hybridized carbons (Fsp3) is 0.0625. The van der Waals surface area contributed by atoms with Crippen molar-refractivity contribution < 1.29 is 0 Å². The van der Waals surface area contributed by atoms with Crippen molar-refractivity contribution in [2.24, 2.45) is 5.84 Å². The zero-order valence-electron chi connectivity index (χ0n) is 10.8. The van der Waals surface area contributed by atoms with Crippen LogP contribution in [0.1, 0.15) is 17.2 Å². The first-order valence-corrected chi connectivity index (χ1v) is 7.41. The largest absolute Gasteiger partial charge is 0.271 e. The second kappa shape index (κ2) is 5.87. The molecule has 0 aliphatic rings. The molecule has 20 heavy (non-hydrogen) atoms. The molecule has 3 aromatic rings. The summed E-state index contributed by atoms with van der Waals surface area (Å²) in [5.41, 5.74) is 5.20. The van der Waals surface area contributed by atoms with Gasteiger partial charge in [0.1, 0.15) is 0 Å². The minimum absolute atomic E-state index is 0.0418. The molecule has 3 rings (SSSR count). The molecule has 0 spiro atoms. The van der Waals surface area contributed by atoms with Gasteiger partial charge in [0.25, 0.3) is 0 Å². The molecule has 3 nitrogen and oxygen atoms in total. The van der Waals surface area contributed by atoms with Gasteiger partial charge in [-0.05, 0) is 57.3 Å². The highest BCUT2D eigenvalue weighted by Gasteiger charge is 2.14. The molecule has 0 saturated heterocycles. The summed E-state index contributed by atoms with van der Waals surface area (Å²) in [6.45, 7) is 0. The normalized spacial score (nSPS) is 12.5. The van der Waals surface area contributed by atoms with Crippen LogP contribution in [0.4, 0.5) is 0 Å². The Labute approximate surface area is 131 Å². The molecule has 0 aliphatic heterocycles. The number of aromatic nitrogens is 1. The van der Waals surface area contributed by atoms with Crippen molar-refractivity contribution in [3.8, 4) is 0 Å². The maximum atomic E-state index is 5.79. The molecule has 4 heteroatoms. The van der Waals surface area contributed by atoms with Gasteiger partial charge in [-0.2, -0.15) is 0 Å². The summed E-state index contributed by atoms with van der Waals surface area (Å²) < 4.78 is 1.21. The number of nitrogens with two attached hydrogens (primary N) is 1. The Hall–Kier alpha value is -1.50. The molecule has 0 fully saturated rings. The molecule has 3 N–H and O–H groups in total. The van der Waals surface area contributed by atoms with Gasteiger partial charge in [0.15, 0.2) is 0 Å². The van der Waals surface area contributed by atoms with Crippen molar-refractivity contribution in [3.05, 3.63) is 75.6 Å². The lowest BCUT2D eigenvalue weighted by atomic mass is 9.95. The van der Waals surface area contributed by atoms with Crippen LogP contribution in [-0.2, 0) is 0 Å². The zero-order valence-corrected chi connectivity index (χ0v) is 12.9. The van der Waals surface area contributed by atoms with Crippen molar-refractivity contribution in [2.75, 3.05) is 0 Å². The molecule has 0 bridgehead atoms. The van der Waals surface area contributed by atoms with E-state index in [0.717, 1.165) is 16.5 Å². The van der Waals surface area contributed by atoms with Crippen molar-refractivity contribution in [3.63, 3.8) is 0 Å². The molecular formula is C16H14IN3. The molecule has 0 aliphatic carbocycles. The Morgan fingerprint density at radius 2 is 1.85 bits per heavy atom. The minimum atomic E-state index is -0.0418. The van der Waals surface area contributed by atoms with Crippen molar-refractivity contribution in [2.45, 2.75) is 6.04 Å². The fourth-order valence-corrected chi connectivity index (χ4v) is 2.77. The molecule has 100 valence electrons. The van der Waals surface area contributed by atoms with Crippen LogP contribution in [0.5, 0.6) is 0 Å². The maximum Gasteiger partial charge on any atom is 0.0716 e. The van der Waals surface area contributed by atoms with Crippen LogP contribution in [0, 0.1) is 3.57 Å². The third-order valence-corrected chi connectivity index (χ3v) is 4.12. The number of pyridine rings is 1. The van der Waals surface area contributed by atoms with E-state index in [0.29, 0.717) is 0 Å². The summed E-state index contributed by atoms with van der Waals surface area (Å²) in [5, 5.41) is 2.29. The quantitative estimate of drug-likeness (QED) is 0.419. The first-order chi connectivity index (χ1) is 9.79. The Kier molecular flexibility index (Phi) is 3.95. The molecule has 0 saturated carbocycles. The van der Waals surface area contributed by atoms with E-state index in [2.05, 4.69) is 75.5 Å². The Morgan fingerprint density at radius 1 is 1.05 bits per heavy atom. The molecular weight excluding hydrogens is 361 g/mol.